The molecule has 0 aliphatic carbocycles. The Kier molecular flexibility index (Phi) is 4.53. The van der Waals surface area contributed by atoms with Crippen molar-refractivity contribution in [2.45, 2.75) is 38.9 Å². The van der Waals surface area contributed by atoms with Crippen molar-refractivity contribution in [2.75, 3.05) is 5.75 Å². The Balaban J connectivity index is 2.24. The highest BCUT2D eigenvalue weighted by molar-refractivity contribution is 7.80. The second-order valence-corrected chi connectivity index (χ2v) is 7.05. The van der Waals surface area contributed by atoms with Crippen molar-refractivity contribution in [3.63, 3.8) is 0 Å². The highest BCUT2D eigenvalue weighted by Gasteiger charge is 2.52. The second-order valence-electron chi connectivity index (χ2n) is 5.84. The summed E-state index contributed by atoms with van der Waals surface area (Å²) in [5.74, 6) is -0.590. The number of carbonyl (C=O) groups is 1. The van der Waals surface area contributed by atoms with Crippen LogP contribution in [0.1, 0.15) is 43.2 Å². The Bertz CT molecular complexity index is 566. The number of carboxylic acid groups (broad SMARTS) is 1. The molecule has 0 saturated carbocycles. The smallest absolute Gasteiger partial charge is 0.476 e. The predicted molar refractivity (Wildman–Crippen MR) is 87.0 cm³/mol. The first-order valence-electron chi connectivity index (χ1n) is 6.52. The lowest BCUT2D eigenvalue weighted by atomic mass is 9.79. The maximum atomic E-state index is 10.9. The van der Waals surface area contributed by atoms with Crippen LogP contribution in [-0.2, 0) is 9.31 Å². The molecule has 21 heavy (non-hydrogen) atoms. The van der Waals surface area contributed by atoms with E-state index in [1.807, 2.05) is 27.7 Å². The van der Waals surface area contributed by atoms with Gasteiger partial charge in [-0.1, -0.05) is 0 Å². The molecule has 1 aliphatic heterocycles. The van der Waals surface area contributed by atoms with Crippen LogP contribution in [0.25, 0.3) is 6.08 Å². The quantitative estimate of drug-likeness (QED) is 0.657. The molecule has 2 heterocycles. The summed E-state index contributed by atoms with van der Waals surface area (Å²) in [6.07, 6.45) is 1.78. The summed E-state index contributed by atoms with van der Waals surface area (Å²) in [6.45, 7) is 7.92. The van der Waals surface area contributed by atoms with Crippen LogP contribution < -0.4 is 0 Å². The van der Waals surface area contributed by atoms with Crippen LogP contribution >= 0.6 is 24.0 Å². The number of hydrogen-bond acceptors (Lipinski definition) is 6. The van der Waals surface area contributed by atoms with Crippen molar-refractivity contribution in [1.29, 1.82) is 0 Å². The lowest BCUT2D eigenvalue weighted by molar-refractivity contribution is 0.00578. The van der Waals surface area contributed by atoms with Gasteiger partial charge in [-0.25, -0.2) is 9.78 Å². The van der Waals surface area contributed by atoms with Crippen LogP contribution in [0.2, 0.25) is 0 Å². The topological polar surface area (TPSA) is 68.7 Å². The molecule has 0 atom stereocenters. The largest absolute Gasteiger partial charge is 0.491 e. The molecule has 1 aliphatic rings. The third-order valence-corrected chi connectivity index (χ3v) is 4.95. The molecular weight excluding hydrogens is 309 g/mol. The molecule has 114 valence electrons. The van der Waals surface area contributed by atoms with E-state index in [0.29, 0.717) is 10.8 Å². The minimum absolute atomic E-state index is 0.0404. The fourth-order valence-corrected chi connectivity index (χ4v) is 2.79. The van der Waals surface area contributed by atoms with Gasteiger partial charge in [0.15, 0.2) is 5.69 Å². The molecule has 0 radical (unpaired) electrons. The number of aromatic nitrogens is 1. The highest BCUT2D eigenvalue weighted by atomic mass is 32.1. The maximum absolute atomic E-state index is 10.9. The predicted octanol–water partition coefficient (Wildman–Crippen LogP) is 2.79. The van der Waals surface area contributed by atoms with Crippen LogP contribution in [0.3, 0.4) is 0 Å². The average molecular weight is 327 g/mol. The van der Waals surface area contributed by atoms with E-state index in [0.717, 1.165) is 5.47 Å². The van der Waals surface area contributed by atoms with Gasteiger partial charge in [0.1, 0.15) is 5.01 Å². The van der Waals surface area contributed by atoms with Crippen LogP contribution in [-0.4, -0.2) is 40.1 Å². The van der Waals surface area contributed by atoms with Crippen molar-refractivity contribution in [2.24, 2.45) is 0 Å². The van der Waals surface area contributed by atoms with Crippen molar-refractivity contribution in [1.82, 2.24) is 4.98 Å². The molecule has 2 rings (SSSR count). The first kappa shape index (κ1) is 16.5. The molecular formula is C13H18BNO4S2. The molecule has 5 nitrogen and oxygen atoms in total. The van der Waals surface area contributed by atoms with E-state index in [2.05, 4.69) is 17.6 Å². The molecule has 1 N–H and O–H groups in total. The zero-order valence-electron chi connectivity index (χ0n) is 12.4. The SMILES string of the molecule is CC1(C)OB(C(=Cc2nc(C(=O)O)cs2)CS)OC1(C)C. The highest BCUT2D eigenvalue weighted by Crippen LogP contribution is 2.39. The third-order valence-electron chi connectivity index (χ3n) is 3.79. The van der Waals surface area contributed by atoms with Gasteiger partial charge in [0.25, 0.3) is 0 Å². The fraction of sp³-hybridized carbons (Fsp3) is 0.538. The summed E-state index contributed by atoms with van der Waals surface area (Å²) in [4.78, 5) is 14.9. The second kappa shape index (κ2) is 5.76. The molecule has 0 amide bonds. The Morgan fingerprint density at radius 3 is 2.43 bits per heavy atom. The van der Waals surface area contributed by atoms with Crippen LogP contribution in [0.15, 0.2) is 10.9 Å². The van der Waals surface area contributed by atoms with E-state index in [1.165, 1.54) is 16.7 Å². The Morgan fingerprint density at radius 2 is 2.00 bits per heavy atom. The third kappa shape index (κ3) is 3.34. The summed E-state index contributed by atoms with van der Waals surface area (Å²) < 4.78 is 11.9. The molecule has 8 heteroatoms. The summed E-state index contributed by atoms with van der Waals surface area (Å²) in [5.41, 5.74) is 0.0193. The molecule has 0 unspecified atom stereocenters. The van der Waals surface area contributed by atoms with E-state index in [1.54, 1.807) is 6.08 Å². The van der Waals surface area contributed by atoms with Crippen molar-refractivity contribution in [3.8, 4) is 0 Å². The van der Waals surface area contributed by atoms with E-state index in [9.17, 15) is 4.79 Å². The minimum atomic E-state index is -1.03. The van der Waals surface area contributed by atoms with Gasteiger partial charge in [0.2, 0.25) is 0 Å². The monoisotopic (exact) mass is 327 g/mol. The maximum Gasteiger partial charge on any atom is 0.491 e. The molecule has 1 aromatic heterocycles. The fourth-order valence-electron chi connectivity index (χ4n) is 1.79. The zero-order chi connectivity index (χ0) is 15.8. The van der Waals surface area contributed by atoms with E-state index < -0.39 is 24.3 Å². The van der Waals surface area contributed by atoms with Gasteiger partial charge in [-0.05, 0) is 39.2 Å². The van der Waals surface area contributed by atoms with Crippen LogP contribution in [0.5, 0.6) is 0 Å². The first-order chi connectivity index (χ1) is 9.66. The Labute approximate surface area is 133 Å². The Hall–Kier alpha value is -0.825. The average Bonchev–Trinajstić information content (AvgIpc) is 2.90. The van der Waals surface area contributed by atoms with Gasteiger partial charge in [0.05, 0.1) is 11.2 Å². The summed E-state index contributed by atoms with van der Waals surface area (Å²) in [7, 11) is -0.496. The standard InChI is InChI=1S/C13H18BNO4S2/c1-12(2)13(3,4)19-14(18-12)8(6-20)5-10-15-9(7-21-10)11(16)17/h5,7,20H,6H2,1-4H3,(H,16,17). The van der Waals surface area contributed by atoms with Crippen molar-refractivity contribution < 1.29 is 19.2 Å². The molecule has 0 aromatic carbocycles. The van der Waals surface area contributed by atoms with E-state index in [4.69, 9.17) is 14.4 Å². The van der Waals surface area contributed by atoms with E-state index in [-0.39, 0.29) is 5.69 Å². The van der Waals surface area contributed by atoms with Gasteiger partial charge in [0, 0.05) is 11.1 Å². The van der Waals surface area contributed by atoms with Gasteiger partial charge in [-0.3, -0.25) is 0 Å². The van der Waals surface area contributed by atoms with Gasteiger partial charge >= 0.3 is 13.1 Å². The van der Waals surface area contributed by atoms with Crippen LogP contribution in [0.4, 0.5) is 0 Å². The van der Waals surface area contributed by atoms with Gasteiger partial charge in [-0.15, -0.1) is 11.3 Å². The molecule has 1 aromatic rings. The first-order valence-corrected chi connectivity index (χ1v) is 8.03. The van der Waals surface area contributed by atoms with Gasteiger partial charge < -0.3 is 14.4 Å². The zero-order valence-corrected chi connectivity index (χ0v) is 14.1. The molecule has 0 spiro atoms. The number of hydrogen-bond donors (Lipinski definition) is 2. The normalized spacial score (nSPS) is 20.8. The minimum Gasteiger partial charge on any atom is -0.476 e. The summed E-state index contributed by atoms with van der Waals surface area (Å²) in [6, 6.07) is 0. The van der Waals surface area contributed by atoms with Crippen molar-refractivity contribution >= 4 is 43.1 Å². The summed E-state index contributed by atoms with van der Waals surface area (Å²) >= 11 is 5.58. The lowest BCUT2D eigenvalue weighted by Gasteiger charge is -2.32. The van der Waals surface area contributed by atoms with E-state index >= 15 is 0 Å². The number of thiol groups is 1. The molecule has 1 fully saturated rings. The molecule has 0 bridgehead atoms. The van der Waals surface area contributed by atoms with Crippen LogP contribution in [0, 0.1) is 0 Å². The number of thiazole rings is 1. The Morgan fingerprint density at radius 1 is 1.43 bits per heavy atom. The number of aromatic carboxylic acids is 1. The summed E-state index contributed by atoms with van der Waals surface area (Å²) in [5, 5.41) is 11.0. The lowest BCUT2D eigenvalue weighted by Crippen LogP contribution is -2.41. The molecule has 1 saturated heterocycles. The number of carboxylic acids is 1. The number of rotatable bonds is 4. The van der Waals surface area contributed by atoms with Gasteiger partial charge in [-0.2, -0.15) is 12.6 Å². The number of nitrogens with zero attached hydrogens (tertiary/aromatic N) is 1. The van der Waals surface area contributed by atoms with Crippen molar-refractivity contribution in [3.05, 3.63) is 21.6 Å².